The average molecular weight is 243 g/mol. The van der Waals surface area contributed by atoms with Crippen molar-refractivity contribution in [3.05, 3.63) is 42.1 Å². The fourth-order valence-electron chi connectivity index (χ4n) is 1.88. The Morgan fingerprint density at radius 1 is 1.28 bits per heavy atom. The van der Waals surface area contributed by atoms with Crippen LogP contribution in [0.3, 0.4) is 0 Å². The van der Waals surface area contributed by atoms with Gasteiger partial charge in [-0.1, -0.05) is 18.2 Å². The van der Waals surface area contributed by atoms with Gasteiger partial charge < -0.3 is 4.74 Å². The van der Waals surface area contributed by atoms with Gasteiger partial charge in [-0.3, -0.25) is 9.78 Å². The van der Waals surface area contributed by atoms with Gasteiger partial charge in [-0.05, 0) is 26.0 Å². The third-order valence-electron chi connectivity index (χ3n) is 3.07. The lowest BCUT2D eigenvalue weighted by atomic mass is 9.96. The largest absolute Gasteiger partial charge is 0.378 e. The quantitative estimate of drug-likeness (QED) is 0.774. The molecule has 1 heterocycles. The van der Waals surface area contributed by atoms with E-state index in [4.69, 9.17) is 4.74 Å². The highest BCUT2D eigenvalue weighted by atomic mass is 16.5. The third-order valence-corrected chi connectivity index (χ3v) is 3.07. The molecule has 0 aliphatic carbocycles. The van der Waals surface area contributed by atoms with Crippen molar-refractivity contribution in [1.29, 1.82) is 0 Å². The van der Waals surface area contributed by atoms with E-state index in [1.807, 2.05) is 44.2 Å². The van der Waals surface area contributed by atoms with E-state index in [1.165, 1.54) is 0 Å². The van der Waals surface area contributed by atoms with Gasteiger partial charge in [-0.2, -0.15) is 0 Å². The molecule has 3 heteroatoms. The third kappa shape index (κ3) is 2.57. The van der Waals surface area contributed by atoms with Crippen LogP contribution in [0.2, 0.25) is 0 Å². The maximum absolute atomic E-state index is 12.3. The van der Waals surface area contributed by atoms with Gasteiger partial charge in [-0.25, -0.2) is 0 Å². The molecule has 0 bridgehead atoms. The summed E-state index contributed by atoms with van der Waals surface area (Å²) in [4.78, 5) is 16.6. The summed E-state index contributed by atoms with van der Waals surface area (Å²) in [7, 11) is 1.62. The van der Waals surface area contributed by atoms with Crippen molar-refractivity contribution in [2.45, 2.75) is 25.9 Å². The predicted octanol–water partition coefficient (Wildman–Crippen LogP) is 3.23. The topological polar surface area (TPSA) is 39.2 Å². The van der Waals surface area contributed by atoms with E-state index < -0.39 is 5.60 Å². The number of hydrogen-bond donors (Lipinski definition) is 0. The Hall–Kier alpha value is -1.74. The summed E-state index contributed by atoms with van der Waals surface area (Å²) in [6, 6.07) is 9.50. The lowest BCUT2D eigenvalue weighted by Crippen LogP contribution is -2.26. The number of fused-ring (bicyclic) bond motifs is 1. The van der Waals surface area contributed by atoms with Crippen molar-refractivity contribution in [1.82, 2.24) is 4.98 Å². The first-order chi connectivity index (χ1) is 8.53. The molecule has 1 aromatic heterocycles. The Labute approximate surface area is 107 Å². The van der Waals surface area contributed by atoms with Crippen LogP contribution in [0.15, 0.2) is 36.5 Å². The first-order valence-electron chi connectivity index (χ1n) is 5.95. The van der Waals surface area contributed by atoms with E-state index in [1.54, 1.807) is 13.3 Å². The van der Waals surface area contributed by atoms with Gasteiger partial charge >= 0.3 is 0 Å². The van der Waals surface area contributed by atoms with E-state index in [-0.39, 0.29) is 5.78 Å². The molecule has 2 aromatic rings. The number of benzene rings is 1. The molecule has 94 valence electrons. The standard InChI is InChI=1S/C15H17NO2/c1-15(2,18-3)10-13(17)12-8-4-6-11-7-5-9-16-14(11)12/h4-9H,10H2,1-3H3. The van der Waals surface area contributed by atoms with E-state index in [0.29, 0.717) is 12.0 Å². The minimum Gasteiger partial charge on any atom is -0.378 e. The normalized spacial score (nSPS) is 11.7. The van der Waals surface area contributed by atoms with Crippen LogP contribution in [0.5, 0.6) is 0 Å². The minimum absolute atomic E-state index is 0.0613. The minimum atomic E-state index is -0.450. The zero-order chi connectivity index (χ0) is 13.2. The summed E-state index contributed by atoms with van der Waals surface area (Å²) < 4.78 is 5.30. The maximum atomic E-state index is 12.3. The van der Waals surface area contributed by atoms with Crippen LogP contribution in [0.4, 0.5) is 0 Å². The number of Topliss-reactive ketones (excluding diaryl/α,β-unsaturated/α-hetero) is 1. The summed E-state index contributed by atoms with van der Waals surface area (Å²) in [5, 5.41) is 0.985. The van der Waals surface area contributed by atoms with Crippen molar-refractivity contribution in [3.63, 3.8) is 0 Å². The van der Waals surface area contributed by atoms with Gasteiger partial charge in [0.1, 0.15) is 0 Å². The number of pyridine rings is 1. The van der Waals surface area contributed by atoms with E-state index in [2.05, 4.69) is 4.98 Å². The van der Waals surface area contributed by atoms with Crippen molar-refractivity contribution in [2.24, 2.45) is 0 Å². The summed E-state index contributed by atoms with van der Waals surface area (Å²) in [6.07, 6.45) is 2.06. The molecule has 3 nitrogen and oxygen atoms in total. The van der Waals surface area contributed by atoms with Gasteiger partial charge in [0.2, 0.25) is 0 Å². The fraction of sp³-hybridized carbons (Fsp3) is 0.333. The molecule has 0 fully saturated rings. The maximum Gasteiger partial charge on any atom is 0.167 e. The van der Waals surface area contributed by atoms with Crippen molar-refractivity contribution in [3.8, 4) is 0 Å². The Kier molecular flexibility index (Phi) is 3.43. The highest BCUT2D eigenvalue weighted by Crippen LogP contribution is 2.21. The number of methoxy groups -OCH3 is 1. The molecular formula is C15H17NO2. The number of carbonyl (C=O) groups is 1. The van der Waals surface area contributed by atoms with Crippen molar-refractivity contribution in [2.75, 3.05) is 7.11 Å². The number of ketones is 1. The molecular weight excluding hydrogens is 226 g/mol. The van der Waals surface area contributed by atoms with E-state index in [9.17, 15) is 4.79 Å². The highest BCUT2D eigenvalue weighted by Gasteiger charge is 2.23. The average Bonchev–Trinajstić information content (AvgIpc) is 2.37. The van der Waals surface area contributed by atoms with Crippen LogP contribution in [-0.4, -0.2) is 23.5 Å². The van der Waals surface area contributed by atoms with Gasteiger partial charge in [0.25, 0.3) is 0 Å². The zero-order valence-corrected chi connectivity index (χ0v) is 10.9. The fourth-order valence-corrected chi connectivity index (χ4v) is 1.88. The second-order valence-corrected chi connectivity index (χ2v) is 4.94. The van der Waals surface area contributed by atoms with Crippen LogP contribution in [0, 0.1) is 0 Å². The Morgan fingerprint density at radius 2 is 2.00 bits per heavy atom. The Bertz CT molecular complexity index is 570. The summed E-state index contributed by atoms with van der Waals surface area (Å²) in [6.45, 7) is 3.81. The summed E-state index contributed by atoms with van der Waals surface area (Å²) >= 11 is 0. The number of nitrogens with zero attached hydrogens (tertiary/aromatic N) is 1. The molecule has 2 rings (SSSR count). The second kappa shape index (κ2) is 4.86. The molecule has 0 amide bonds. The SMILES string of the molecule is COC(C)(C)CC(=O)c1cccc2cccnc12. The van der Waals surface area contributed by atoms with Crippen LogP contribution >= 0.6 is 0 Å². The Morgan fingerprint density at radius 3 is 2.72 bits per heavy atom. The summed E-state index contributed by atoms with van der Waals surface area (Å²) in [5.41, 5.74) is 0.976. The van der Waals surface area contributed by atoms with Gasteiger partial charge in [0, 0.05) is 30.7 Å². The molecule has 0 atom stereocenters. The predicted molar refractivity (Wildman–Crippen MR) is 71.8 cm³/mol. The van der Waals surface area contributed by atoms with Crippen LogP contribution in [0.1, 0.15) is 30.6 Å². The van der Waals surface area contributed by atoms with E-state index >= 15 is 0 Å². The number of hydrogen-bond acceptors (Lipinski definition) is 3. The van der Waals surface area contributed by atoms with Gasteiger partial charge in [-0.15, -0.1) is 0 Å². The lowest BCUT2D eigenvalue weighted by Gasteiger charge is -2.21. The number of para-hydroxylation sites is 1. The number of carbonyl (C=O) groups excluding carboxylic acids is 1. The molecule has 0 saturated carbocycles. The van der Waals surface area contributed by atoms with Gasteiger partial charge in [0.05, 0.1) is 11.1 Å². The number of aromatic nitrogens is 1. The van der Waals surface area contributed by atoms with Crippen LogP contribution in [-0.2, 0) is 4.74 Å². The molecule has 1 aromatic carbocycles. The summed E-state index contributed by atoms with van der Waals surface area (Å²) in [5.74, 6) is 0.0613. The van der Waals surface area contributed by atoms with Crippen LogP contribution in [0.25, 0.3) is 10.9 Å². The Balaban J connectivity index is 2.39. The van der Waals surface area contributed by atoms with Crippen molar-refractivity contribution < 1.29 is 9.53 Å². The lowest BCUT2D eigenvalue weighted by molar-refractivity contribution is 0.0172. The molecule has 0 aliphatic rings. The first kappa shape index (κ1) is 12.7. The molecule has 0 radical (unpaired) electrons. The number of rotatable bonds is 4. The molecule has 0 spiro atoms. The highest BCUT2D eigenvalue weighted by molar-refractivity contribution is 6.06. The second-order valence-electron chi connectivity index (χ2n) is 4.94. The first-order valence-corrected chi connectivity index (χ1v) is 5.95. The zero-order valence-electron chi connectivity index (χ0n) is 10.9. The monoisotopic (exact) mass is 243 g/mol. The molecule has 0 saturated heterocycles. The molecule has 0 unspecified atom stereocenters. The van der Waals surface area contributed by atoms with Gasteiger partial charge in [0.15, 0.2) is 5.78 Å². The van der Waals surface area contributed by atoms with E-state index in [0.717, 1.165) is 10.9 Å². The molecule has 0 N–H and O–H groups in total. The molecule has 0 aliphatic heterocycles. The smallest absolute Gasteiger partial charge is 0.167 e. The molecule has 18 heavy (non-hydrogen) atoms. The van der Waals surface area contributed by atoms with Crippen LogP contribution < -0.4 is 0 Å². The number of ether oxygens (including phenoxy) is 1. The van der Waals surface area contributed by atoms with Crippen molar-refractivity contribution >= 4 is 16.7 Å².